The van der Waals surface area contributed by atoms with Crippen LogP contribution < -0.4 is 22.5 Å². The van der Waals surface area contributed by atoms with Crippen molar-refractivity contribution in [2.24, 2.45) is 0 Å². The van der Waals surface area contributed by atoms with Gasteiger partial charge in [-0.2, -0.15) is 0 Å². The second-order valence-corrected chi connectivity index (χ2v) is 28.7. The Labute approximate surface area is 636 Å². The number of urea groups is 1. The van der Waals surface area contributed by atoms with Crippen LogP contribution in [0.2, 0.25) is 0 Å². The van der Waals surface area contributed by atoms with Crippen LogP contribution in [-0.4, -0.2) is 162 Å². The topological polar surface area (TPSA) is 284 Å². The number of aromatic nitrogens is 12. The van der Waals surface area contributed by atoms with Gasteiger partial charge in [-0.15, -0.1) is 0 Å². The van der Waals surface area contributed by atoms with Crippen molar-refractivity contribution in [3.8, 4) is 67.5 Å². The van der Waals surface area contributed by atoms with Gasteiger partial charge in [0.25, 0.3) is 0 Å². The summed E-state index contributed by atoms with van der Waals surface area (Å²) in [6, 6.07) is 61.7. The molecule has 0 spiro atoms. The average molecular weight is 1460 g/mol. The Hall–Kier alpha value is -13.0. The van der Waals surface area contributed by atoms with Gasteiger partial charge < -0.3 is 42.1 Å². The molecular formula is C87H86N20O3. The average Bonchev–Trinajstić information content (AvgIpc) is 1.66. The molecular weight excluding hydrogens is 1370 g/mol. The van der Waals surface area contributed by atoms with Gasteiger partial charge >= 0.3 is 6.03 Å². The highest BCUT2D eigenvalue weighted by Gasteiger charge is 2.32. The Bertz CT molecular complexity index is 5900. The minimum absolute atomic E-state index is 0.00148. The number of nitrogens with one attached hydrogen (secondary N) is 1. The summed E-state index contributed by atoms with van der Waals surface area (Å²) in [5, 5.41) is 6.10. The second-order valence-electron chi connectivity index (χ2n) is 28.7. The van der Waals surface area contributed by atoms with E-state index in [-0.39, 0.29) is 35.6 Å². The lowest BCUT2D eigenvalue weighted by Crippen LogP contribution is -2.44. The fourth-order valence-electron chi connectivity index (χ4n) is 15.6. The lowest BCUT2D eigenvalue weighted by Gasteiger charge is -2.32. The van der Waals surface area contributed by atoms with Gasteiger partial charge in [0.1, 0.15) is 68.6 Å². The number of piperidine rings is 3. The Balaban J connectivity index is 0.000000125. The van der Waals surface area contributed by atoms with Crippen LogP contribution in [0.15, 0.2) is 219 Å². The summed E-state index contributed by atoms with van der Waals surface area (Å²) in [6.07, 6.45) is 16.1. The number of hydrogen-bond acceptors (Lipinski definition) is 16. The number of imidazole rings is 3. The van der Waals surface area contributed by atoms with Crippen molar-refractivity contribution in [1.29, 1.82) is 0 Å². The molecule has 3 fully saturated rings. The van der Waals surface area contributed by atoms with E-state index in [1.165, 1.54) is 0 Å². The van der Waals surface area contributed by atoms with Crippen molar-refractivity contribution in [2.45, 2.75) is 70.1 Å². The lowest BCUT2D eigenvalue weighted by molar-refractivity contribution is -0.133. The number of amides is 4. The van der Waals surface area contributed by atoms with Gasteiger partial charge in [0.15, 0.2) is 0 Å². The zero-order valence-electron chi connectivity index (χ0n) is 62.0. The van der Waals surface area contributed by atoms with E-state index in [0.717, 1.165) is 199 Å². The molecule has 7 N–H and O–H groups in total. The van der Waals surface area contributed by atoms with Gasteiger partial charge in [0.2, 0.25) is 11.8 Å². The summed E-state index contributed by atoms with van der Waals surface area (Å²) in [5.41, 5.74) is 35.7. The van der Waals surface area contributed by atoms with Gasteiger partial charge in [0.05, 0.1) is 40.2 Å². The van der Waals surface area contributed by atoms with Crippen LogP contribution in [0.4, 0.5) is 22.2 Å². The van der Waals surface area contributed by atoms with Crippen LogP contribution in [0.25, 0.3) is 117 Å². The van der Waals surface area contributed by atoms with Crippen LogP contribution in [0.5, 0.6) is 0 Å². The van der Waals surface area contributed by atoms with E-state index < -0.39 is 0 Å². The maximum Gasteiger partial charge on any atom is 0.317 e. The molecule has 3 saturated heterocycles. The van der Waals surface area contributed by atoms with Gasteiger partial charge in [-0.1, -0.05) is 146 Å². The highest BCUT2D eigenvalue weighted by molar-refractivity contribution is 5.95. The third kappa shape index (κ3) is 14.6. The Morgan fingerprint density at radius 3 is 1.05 bits per heavy atom. The lowest BCUT2D eigenvalue weighted by atomic mass is 9.96. The highest BCUT2D eigenvalue weighted by atomic mass is 16.2. The zero-order valence-corrected chi connectivity index (χ0v) is 62.0. The number of rotatable bonds is 12. The molecule has 0 saturated carbocycles. The Kier molecular flexibility index (Phi) is 20.1. The zero-order chi connectivity index (χ0) is 75.5. The predicted octanol–water partition coefficient (Wildman–Crippen LogP) is 14.5. The summed E-state index contributed by atoms with van der Waals surface area (Å²) in [6.45, 7) is 8.97. The molecule has 23 nitrogen and oxygen atoms in total. The number of benzene rings is 6. The molecule has 4 amide bonds. The molecule has 3 aliphatic rings. The molecule has 0 atom stereocenters. The number of carbonyl (C=O) groups is 3. The number of hydrogen-bond donors (Lipinski definition) is 4. The number of nitrogens with zero attached hydrogens (tertiary/aromatic N) is 16. The fourth-order valence-corrected chi connectivity index (χ4v) is 15.6. The van der Waals surface area contributed by atoms with Crippen LogP contribution in [0, 0.1) is 0 Å². The number of anilines is 3. The first kappa shape index (κ1) is 71.2. The van der Waals surface area contributed by atoms with E-state index in [0.29, 0.717) is 43.6 Å². The van der Waals surface area contributed by atoms with Gasteiger partial charge in [-0.25, -0.2) is 49.7 Å². The molecule has 23 heteroatoms. The molecule has 552 valence electrons. The van der Waals surface area contributed by atoms with E-state index >= 15 is 0 Å². The number of fused-ring (bicyclic) bond motifs is 6. The van der Waals surface area contributed by atoms with Crippen LogP contribution in [0.1, 0.15) is 87.6 Å². The number of carbonyl (C=O) groups excluding carboxylic acids is 3. The van der Waals surface area contributed by atoms with Crippen molar-refractivity contribution < 1.29 is 14.4 Å². The molecule has 6 aromatic carbocycles. The minimum Gasteiger partial charge on any atom is -0.382 e. The smallest absolute Gasteiger partial charge is 0.317 e. The summed E-state index contributed by atoms with van der Waals surface area (Å²) in [7, 11) is 3.85. The second kappa shape index (κ2) is 31.1. The molecule has 0 bridgehead atoms. The molecule has 0 unspecified atom stereocenters. The molecule has 3 aliphatic heterocycles. The molecule has 18 rings (SSSR count). The van der Waals surface area contributed by atoms with E-state index in [9.17, 15) is 14.4 Å². The Morgan fingerprint density at radius 2 is 0.727 bits per heavy atom. The van der Waals surface area contributed by atoms with Crippen molar-refractivity contribution in [1.82, 2.24) is 83.0 Å². The largest absolute Gasteiger partial charge is 0.382 e. The van der Waals surface area contributed by atoms with Crippen LogP contribution in [-0.2, 0) is 9.59 Å². The summed E-state index contributed by atoms with van der Waals surface area (Å²) in [5.74, 6) is 5.24. The molecule has 9 aromatic heterocycles. The monoisotopic (exact) mass is 1460 g/mol. The molecule has 0 aliphatic carbocycles. The number of likely N-dealkylation sites (tertiary alicyclic amines) is 3. The van der Waals surface area contributed by atoms with E-state index in [2.05, 4.69) is 161 Å². The third-order valence-electron chi connectivity index (χ3n) is 21.4. The van der Waals surface area contributed by atoms with Crippen LogP contribution in [0.3, 0.4) is 0 Å². The van der Waals surface area contributed by atoms with Gasteiger partial charge in [0, 0.05) is 157 Å². The first-order chi connectivity index (χ1) is 53.7. The number of nitrogen functional groups attached to an aromatic ring is 3. The van der Waals surface area contributed by atoms with Gasteiger partial charge in [-0.05, 0) is 95.9 Å². The number of likely N-dealkylation sites (N-methyl/N-ethyl adjacent to an activating group) is 1. The summed E-state index contributed by atoms with van der Waals surface area (Å²) >= 11 is 0. The first-order valence-electron chi connectivity index (χ1n) is 37.7. The highest BCUT2D eigenvalue weighted by Crippen LogP contribution is 2.40. The van der Waals surface area contributed by atoms with Crippen molar-refractivity contribution in [3.63, 3.8) is 0 Å². The molecule has 0 radical (unpaired) electrons. The summed E-state index contributed by atoms with van der Waals surface area (Å²) < 4.78 is 6.23. The quantitative estimate of drug-likeness (QED) is 0.0884. The third-order valence-corrected chi connectivity index (χ3v) is 21.4. The summed E-state index contributed by atoms with van der Waals surface area (Å²) in [4.78, 5) is 87.6. The van der Waals surface area contributed by atoms with E-state index in [4.69, 9.17) is 47.1 Å². The van der Waals surface area contributed by atoms with Gasteiger partial charge in [-0.3, -0.25) is 22.8 Å². The first-order valence-corrected chi connectivity index (χ1v) is 37.7. The van der Waals surface area contributed by atoms with E-state index in [1.807, 2.05) is 114 Å². The molecule has 110 heavy (non-hydrogen) atoms. The normalized spacial score (nSPS) is 14.5. The van der Waals surface area contributed by atoms with Crippen molar-refractivity contribution in [2.75, 3.05) is 83.7 Å². The predicted molar refractivity (Wildman–Crippen MR) is 435 cm³/mol. The SMILES string of the molecule is CC(=O)N1CCC(c2nc(-c3ccc4ccc(-c5ccccc5)nc4c3)c3c(N)nccn23)CC1.CCNC(=O)N1CCC(c2nc(-c3ccc4ccc(-c5ccccc5)nc4c3)c3c(N)nccn23)CC1.CN(C)CC(=O)N1CCC(c2nc(-c3ccc4ccc(-c5ccccc5)nc4c3)c3c(N)nccn23)CC1. The van der Waals surface area contributed by atoms with E-state index in [1.54, 1.807) is 25.5 Å². The van der Waals surface area contributed by atoms with Crippen molar-refractivity contribution >= 4 is 84.6 Å². The Morgan fingerprint density at radius 1 is 0.409 bits per heavy atom. The van der Waals surface area contributed by atoms with Crippen LogP contribution >= 0.6 is 0 Å². The fraction of sp³-hybridized carbons (Fsp3) is 0.241. The standard InChI is InChI=1S/C30H31N7O.C29H29N7O.C28H26N6O/c1-35(2)19-26(38)36-15-12-22(13-16-36)30-34-27(28-29(31)32-14-17-37(28)30)23-9-8-21-10-11-24(33-25(21)18-23)20-6-4-3-5-7-20;1-2-31-29(37)35-15-12-21(13-16-35)28-34-25(26-27(30)32-14-17-36(26)28)22-9-8-20-10-11-23(33-24(20)18-22)19-6-4-3-5-7-19;1-18(35)33-14-11-21(12-15-33)28-32-25(26-27(29)30-13-16-34(26)28)22-8-7-20-9-10-23(31-24(20)17-22)19-5-3-2-4-6-19/h3-11,14,17-18,22H,12-13,15-16,19H2,1-2H3,(H2,31,32);3-11,14,17-18,21H,2,12-13,15-16H2,1H3,(H2,30,32)(H,31,37);2-10,13,16-17,21H,11-12,14-15H2,1H3,(H2,29,30). The maximum atomic E-state index is 12.6. The molecule has 15 aromatic rings. The minimum atomic E-state index is 0.00148. The molecule has 12 heterocycles. The number of pyridine rings is 3. The van der Waals surface area contributed by atoms with Crippen molar-refractivity contribution in [3.05, 3.63) is 237 Å². The number of nitrogens with two attached hydrogens (primary N) is 3. The maximum absolute atomic E-state index is 12.6.